The molecule has 0 spiro atoms. The number of nitrogens with zero attached hydrogens (tertiary/aromatic N) is 4. The number of benzene rings is 2. The van der Waals surface area contributed by atoms with Crippen molar-refractivity contribution in [3.63, 3.8) is 0 Å². The van der Waals surface area contributed by atoms with Gasteiger partial charge in [0.05, 0.1) is 40.7 Å². The zero-order chi connectivity index (χ0) is 32.4. The number of rotatable bonds is 6. The molecule has 0 unspecified atom stereocenters. The van der Waals surface area contributed by atoms with Crippen molar-refractivity contribution in [3.8, 4) is 23.1 Å². The van der Waals surface area contributed by atoms with Gasteiger partial charge in [-0.2, -0.15) is 23.5 Å². The maximum absolute atomic E-state index is 15.5. The monoisotopic (exact) mass is 635 g/mol. The number of carbonyl (C=O) groups is 2. The van der Waals surface area contributed by atoms with Crippen LogP contribution in [-0.2, 0) is 25.9 Å². The fourth-order valence-corrected chi connectivity index (χ4v) is 5.83. The summed E-state index contributed by atoms with van der Waals surface area (Å²) >= 11 is 0. The van der Waals surface area contributed by atoms with Crippen molar-refractivity contribution in [2.75, 3.05) is 17.3 Å². The smallest absolute Gasteiger partial charge is 0.422 e. The summed E-state index contributed by atoms with van der Waals surface area (Å²) in [4.78, 5) is 26.9. The molecule has 1 aliphatic rings. The van der Waals surface area contributed by atoms with E-state index in [4.69, 9.17) is 10.00 Å². The fourth-order valence-electron chi connectivity index (χ4n) is 4.22. The first kappa shape index (κ1) is 32.1. The quantitative estimate of drug-likeness (QED) is 0.391. The number of hydrogen-bond donors (Lipinski definition) is 1. The molecular weight excluding hydrogens is 610 g/mol. The van der Waals surface area contributed by atoms with Crippen LogP contribution >= 0.6 is 0 Å². The summed E-state index contributed by atoms with van der Waals surface area (Å²) in [5.74, 6) is -3.46. The van der Waals surface area contributed by atoms with E-state index in [1.807, 2.05) is 6.07 Å². The van der Waals surface area contributed by atoms with Crippen molar-refractivity contribution in [3.05, 3.63) is 65.6 Å². The molecule has 11 nitrogen and oxygen atoms in total. The first-order chi connectivity index (χ1) is 20.5. The Bertz CT molecular complexity index is 1740. The van der Waals surface area contributed by atoms with Crippen molar-refractivity contribution in [1.82, 2.24) is 15.5 Å². The van der Waals surface area contributed by atoms with E-state index in [-0.39, 0.29) is 23.4 Å². The minimum Gasteiger partial charge on any atom is -0.467 e. The molecule has 0 radical (unpaired) electrons. The number of anilines is 1. The van der Waals surface area contributed by atoms with E-state index in [0.717, 1.165) is 23.2 Å². The number of nitrogens with one attached hydrogen (secondary N) is 1. The molecular formula is C28H25F4N5O6S. The second kappa shape index (κ2) is 12.1. The van der Waals surface area contributed by atoms with Gasteiger partial charge in [-0.25, -0.2) is 17.6 Å². The predicted molar refractivity (Wildman–Crippen MR) is 147 cm³/mol. The number of sulfone groups is 1. The lowest BCUT2D eigenvalue weighted by atomic mass is 10.0. The van der Waals surface area contributed by atoms with E-state index < -0.39 is 68.6 Å². The molecule has 0 bridgehead atoms. The molecule has 16 heteroatoms. The van der Waals surface area contributed by atoms with Crippen LogP contribution in [0.3, 0.4) is 0 Å². The number of hydrogen-bond acceptors (Lipinski definition) is 9. The molecule has 0 fully saturated rings. The first-order valence-corrected chi connectivity index (χ1v) is 14.5. The second-order valence-corrected chi connectivity index (χ2v) is 12.7. The molecule has 44 heavy (non-hydrogen) atoms. The summed E-state index contributed by atoms with van der Waals surface area (Å²) in [7, 11) is -4.43. The minimum absolute atomic E-state index is 0.117. The highest BCUT2D eigenvalue weighted by Gasteiger charge is 2.40. The van der Waals surface area contributed by atoms with Crippen molar-refractivity contribution >= 4 is 27.5 Å². The van der Waals surface area contributed by atoms with Gasteiger partial charge in [0.1, 0.15) is 17.5 Å². The van der Waals surface area contributed by atoms with Crippen molar-refractivity contribution in [2.45, 2.75) is 50.0 Å². The average molecular weight is 636 g/mol. The van der Waals surface area contributed by atoms with Crippen LogP contribution in [0, 0.1) is 17.1 Å². The number of alkyl halides is 3. The number of alkyl carbamates (subject to hydrolysis) is 1. The highest BCUT2D eigenvalue weighted by atomic mass is 32.2. The molecule has 1 atom stereocenters. The topological polar surface area (TPSA) is 152 Å². The van der Waals surface area contributed by atoms with Gasteiger partial charge in [0, 0.05) is 17.2 Å². The molecule has 0 saturated heterocycles. The van der Waals surface area contributed by atoms with Crippen molar-refractivity contribution in [1.29, 1.82) is 5.26 Å². The molecule has 3 aromatic rings. The van der Waals surface area contributed by atoms with Gasteiger partial charge >= 0.3 is 12.3 Å². The van der Waals surface area contributed by atoms with E-state index in [1.54, 1.807) is 20.8 Å². The second-order valence-electron chi connectivity index (χ2n) is 10.7. The number of halogens is 4. The lowest BCUT2D eigenvalue weighted by molar-refractivity contribution is -0.154. The number of carbonyl (C=O) groups excluding carboxylic acids is 2. The van der Waals surface area contributed by atoms with Crippen LogP contribution in [0.5, 0.6) is 5.88 Å². The SMILES string of the molecule is CC(C)(C)OC(=O)N[C@H]1CS(=O)(=O)c2cc(F)c(-c3cnnc(OCC(F)(F)F)c3)cc2N(Cc2ccc(C#N)cc2)C1=O. The number of aromatic nitrogens is 2. The first-order valence-electron chi connectivity index (χ1n) is 12.8. The zero-order valence-corrected chi connectivity index (χ0v) is 24.3. The predicted octanol–water partition coefficient (Wildman–Crippen LogP) is 4.31. The van der Waals surface area contributed by atoms with E-state index in [1.165, 1.54) is 24.3 Å². The van der Waals surface area contributed by atoms with Gasteiger partial charge in [0.15, 0.2) is 16.4 Å². The van der Waals surface area contributed by atoms with Crippen LogP contribution < -0.4 is 15.0 Å². The number of nitriles is 1. The Morgan fingerprint density at radius 1 is 1.16 bits per heavy atom. The van der Waals surface area contributed by atoms with Gasteiger partial charge in [-0.3, -0.25) is 4.79 Å². The Hall–Kier alpha value is -4.78. The summed E-state index contributed by atoms with van der Waals surface area (Å²) in [5.41, 5.74) is -0.894. The standard InChI is InChI=1S/C28H25F4N5O6S/c1-27(2,3)43-26(39)35-21-14-44(40,41)23-10-20(29)19(18-8-24(36-34-12-18)42-15-28(30,31)32)9-22(23)37(25(21)38)13-17-6-4-16(11-33)5-7-17/h4-10,12,21H,13-15H2,1-3H3,(H,35,39)/t21-/m0/s1. The largest absolute Gasteiger partial charge is 0.467 e. The highest BCUT2D eigenvalue weighted by Crippen LogP contribution is 2.38. The van der Waals surface area contributed by atoms with Gasteiger partial charge in [-0.15, -0.1) is 5.10 Å². The average Bonchev–Trinajstić information content (AvgIpc) is 2.99. The molecule has 0 saturated carbocycles. The summed E-state index contributed by atoms with van der Waals surface area (Å²) in [5, 5.41) is 18.4. The van der Waals surface area contributed by atoms with Crippen molar-refractivity contribution in [2.24, 2.45) is 0 Å². The van der Waals surface area contributed by atoms with Crippen LogP contribution in [0.4, 0.5) is 28.0 Å². The van der Waals surface area contributed by atoms with Gasteiger partial charge in [0.25, 0.3) is 5.91 Å². The molecule has 0 aliphatic carbocycles. The molecule has 1 aromatic heterocycles. The Labute approximate surface area is 249 Å². The fraction of sp³-hybridized carbons (Fsp3) is 0.321. The number of fused-ring (bicyclic) bond motifs is 1. The maximum atomic E-state index is 15.5. The van der Waals surface area contributed by atoms with E-state index in [0.29, 0.717) is 17.2 Å². The summed E-state index contributed by atoms with van der Waals surface area (Å²) in [6, 6.07) is 9.05. The molecule has 1 aliphatic heterocycles. The maximum Gasteiger partial charge on any atom is 0.422 e. The van der Waals surface area contributed by atoms with Crippen LogP contribution in [0.1, 0.15) is 31.9 Å². The zero-order valence-electron chi connectivity index (χ0n) is 23.5. The Morgan fingerprint density at radius 3 is 2.45 bits per heavy atom. The summed E-state index contributed by atoms with van der Waals surface area (Å²) < 4.78 is 90.3. The third-order valence-electron chi connectivity index (χ3n) is 6.07. The van der Waals surface area contributed by atoms with Gasteiger partial charge in [-0.05, 0) is 50.6 Å². The van der Waals surface area contributed by atoms with Crippen LogP contribution in [0.25, 0.3) is 11.1 Å². The third-order valence-corrected chi connectivity index (χ3v) is 7.84. The Kier molecular flexibility index (Phi) is 8.82. The molecule has 232 valence electrons. The molecule has 2 amide bonds. The van der Waals surface area contributed by atoms with Gasteiger partial charge in [-0.1, -0.05) is 12.1 Å². The van der Waals surface area contributed by atoms with E-state index >= 15 is 4.39 Å². The Balaban J connectivity index is 1.83. The van der Waals surface area contributed by atoms with Crippen molar-refractivity contribution < 1.29 is 45.0 Å². The molecule has 4 rings (SSSR count). The van der Waals surface area contributed by atoms with Crippen LogP contribution in [0.2, 0.25) is 0 Å². The van der Waals surface area contributed by atoms with Crippen LogP contribution in [-0.4, -0.2) is 60.8 Å². The highest BCUT2D eigenvalue weighted by molar-refractivity contribution is 7.91. The normalized spacial score (nSPS) is 16.4. The third kappa shape index (κ3) is 7.78. The lowest BCUT2D eigenvalue weighted by Crippen LogP contribution is -2.51. The molecule has 2 aromatic carbocycles. The molecule has 2 heterocycles. The number of amides is 2. The minimum atomic E-state index is -4.68. The van der Waals surface area contributed by atoms with E-state index in [9.17, 15) is 31.2 Å². The van der Waals surface area contributed by atoms with Gasteiger partial charge in [0.2, 0.25) is 5.88 Å². The lowest BCUT2D eigenvalue weighted by Gasteiger charge is -2.27. The summed E-state index contributed by atoms with van der Waals surface area (Å²) in [6.45, 7) is 2.77. The molecule has 1 N–H and O–H groups in total. The van der Waals surface area contributed by atoms with Gasteiger partial charge < -0.3 is 19.7 Å². The van der Waals surface area contributed by atoms with E-state index in [2.05, 4.69) is 20.3 Å². The van der Waals surface area contributed by atoms with Crippen LogP contribution in [0.15, 0.2) is 53.6 Å². The Morgan fingerprint density at radius 2 is 1.84 bits per heavy atom. The summed E-state index contributed by atoms with van der Waals surface area (Å²) in [6.07, 6.45) is -4.72. The number of ether oxygens (including phenoxy) is 2.